The topological polar surface area (TPSA) is 0 Å². The lowest BCUT2D eigenvalue weighted by Crippen LogP contribution is -1.91. The maximum absolute atomic E-state index is 14.5. The van der Waals surface area contributed by atoms with Gasteiger partial charge in [-0.15, -0.1) is 11.8 Å². The number of hydrogen-bond donors (Lipinski definition) is 0. The van der Waals surface area contributed by atoms with Crippen molar-refractivity contribution in [3.63, 3.8) is 0 Å². The number of benzene rings is 4. The highest BCUT2D eigenvalue weighted by Gasteiger charge is 2.07. The molecular weight excluding hydrogens is 449 g/mol. The lowest BCUT2D eigenvalue weighted by molar-refractivity contribution is 0.604. The minimum atomic E-state index is -0.316. The first-order valence-electron chi connectivity index (χ1n) is 11.9. The molecule has 0 aromatic heterocycles. The Balaban J connectivity index is 1.10. The SMILES string of the molecule is Fc1ccc(-c2ccc(CCCCCCCCSc3ccc4cc(F)ccc4c3)cc2F)cc1. The summed E-state index contributed by atoms with van der Waals surface area (Å²) in [6.45, 7) is 0. The van der Waals surface area contributed by atoms with Gasteiger partial charge in [-0.05, 0) is 89.4 Å². The van der Waals surface area contributed by atoms with Crippen molar-refractivity contribution < 1.29 is 13.2 Å². The molecule has 176 valence electrons. The Morgan fingerprint density at radius 3 is 2.03 bits per heavy atom. The molecule has 4 aromatic rings. The minimum Gasteiger partial charge on any atom is -0.207 e. The molecule has 0 radical (unpaired) electrons. The van der Waals surface area contributed by atoms with Gasteiger partial charge in [0.25, 0.3) is 0 Å². The van der Waals surface area contributed by atoms with Crippen molar-refractivity contribution in [2.24, 2.45) is 0 Å². The van der Waals surface area contributed by atoms with Crippen LogP contribution in [0.15, 0.2) is 83.8 Å². The molecular formula is C30H29F3S. The van der Waals surface area contributed by atoms with Crippen molar-refractivity contribution in [2.45, 2.75) is 49.8 Å². The number of thioether (sulfide) groups is 1. The van der Waals surface area contributed by atoms with Gasteiger partial charge in [-0.25, -0.2) is 13.2 Å². The molecule has 0 N–H and O–H groups in total. The Morgan fingerprint density at radius 1 is 0.559 bits per heavy atom. The second-order valence-electron chi connectivity index (χ2n) is 8.69. The standard InChI is InChI=1S/C30H29F3S/c31-26-13-9-23(10-14-26)29-17-8-22(19-30(29)33)7-5-3-1-2-4-6-18-34-28-16-12-24-20-27(32)15-11-25(24)21-28/h8-17,19-21H,1-7,18H2. The minimum absolute atomic E-state index is 0.195. The van der Waals surface area contributed by atoms with Crippen LogP contribution >= 0.6 is 11.8 Å². The van der Waals surface area contributed by atoms with Crippen molar-refractivity contribution in [1.82, 2.24) is 0 Å². The van der Waals surface area contributed by atoms with Gasteiger partial charge in [-0.3, -0.25) is 0 Å². The molecule has 0 saturated heterocycles. The van der Waals surface area contributed by atoms with E-state index >= 15 is 0 Å². The number of aryl methyl sites for hydroxylation is 1. The zero-order chi connectivity index (χ0) is 23.8. The summed E-state index contributed by atoms with van der Waals surface area (Å²) in [5.74, 6) is 0.329. The molecule has 0 saturated carbocycles. The van der Waals surface area contributed by atoms with Gasteiger partial charge in [0.1, 0.15) is 17.5 Å². The number of halogens is 3. The van der Waals surface area contributed by atoms with Crippen LogP contribution in [0.5, 0.6) is 0 Å². The number of fused-ring (bicyclic) bond motifs is 1. The van der Waals surface area contributed by atoms with E-state index in [1.807, 2.05) is 30.0 Å². The molecule has 0 bridgehead atoms. The van der Waals surface area contributed by atoms with Crippen LogP contribution in [0.1, 0.15) is 44.1 Å². The van der Waals surface area contributed by atoms with Crippen LogP contribution in [0.25, 0.3) is 21.9 Å². The first-order valence-corrected chi connectivity index (χ1v) is 12.9. The summed E-state index contributed by atoms with van der Waals surface area (Å²) >= 11 is 1.86. The molecule has 4 rings (SSSR count). The smallest absolute Gasteiger partial charge is 0.131 e. The quantitative estimate of drug-likeness (QED) is 0.153. The third-order valence-electron chi connectivity index (χ3n) is 6.09. The highest BCUT2D eigenvalue weighted by atomic mass is 32.2. The van der Waals surface area contributed by atoms with Crippen LogP contribution in [0, 0.1) is 17.5 Å². The van der Waals surface area contributed by atoms with Gasteiger partial charge in [0.15, 0.2) is 0 Å². The van der Waals surface area contributed by atoms with Crippen molar-refractivity contribution in [2.75, 3.05) is 5.75 Å². The Kier molecular flexibility index (Phi) is 8.70. The Bertz CT molecular complexity index is 1220. The first kappa shape index (κ1) is 24.4. The van der Waals surface area contributed by atoms with Crippen molar-refractivity contribution >= 4 is 22.5 Å². The molecule has 4 heteroatoms. The molecule has 0 aliphatic rings. The predicted molar refractivity (Wildman–Crippen MR) is 138 cm³/mol. The molecule has 0 aliphatic heterocycles. The summed E-state index contributed by atoms with van der Waals surface area (Å²) in [7, 11) is 0. The average Bonchev–Trinajstić information content (AvgIpc) is 2.84. The van der Waals surface area contributed by atoms with Crippen LogP contribution in [0.4, 0.5) is 13.2 Å². The van der Waals surface area contributed by atoms with E-state index in [4.69, 9.17) is 0 Å². The van der Waals surface area contributed by atoms with E-state index in [0.717, 1.165) is 41.4 Å². The predicted octanol–water partition coefficient (Wildman–Crippen LogP) is 9.60. The highest BCUT2D eigenvalue weighted by Crippen LogP contribution is 2.26. The molecule has 4 aromatic carbocycles. The van der Waals surface area contributed by atoms with Gasteiger partial charge >= 0.3 is 0 Å². The monoisotopic (exact) mass is 478 g/mol. The highest BCUT2D eigenvalue weighted by molar-refractivity contribution is 7.99. The van der Waals surface area contributed by atoms with Crippen molar-refractivity contribution in [3.05, 3.63) is 102 Å². The number of unbranched alkanes of at least 4 members (excludes halogenated alkanes) is 5. The van der Waals surface area contributed by atoms with Crippen molar-refractivity contribution in [1.29, 1.82) is 0 Å². The van der Waals surface area contributed by atoms with Gasteiger partial charge in [0.2, 0.25) is 0 Å². The van der Waals surface area contributed by atoms with Crippen LogP contribution < -0.4 is 0 Å². The zero-order valence-corrected chi connectivity index (χ0v) is 20.0. The molecule has 0 atom stereocenters. The van der Waals surface area contributed by atoms with Gasteiger partial charge in [0, 0.05) is 10.5 Å². The van der Waals surface area contributed by atoms with E-state index in [-0.39, 0.29) is 17.5 Å². The maximum atomic E-state index is 14.5. The van der Waals surface area contributed by atoms with Gasteiger partial charge in [-0.1, -0.05) is 62.1 Å². The fourth-order valence-electron chi connectivity index (χ4n) is 4.19. The maximum Gasteiger partial charge on any atom is 0.131 e. The normalized spacial score (nSPS) is 11.3. The van der Waals surface area contributed by atoms with Crippen LogP contribution in [0.2, 0.25) is 0 Å². The Morgan fingerprint density at radius 2 is 1.24 bits per heavy atom. The van der Waals surface area contributed by atoms with E-state index < -0.39 is 0 Å². The molecule has 0 amide bonds. The molecule has 0 spiro atoms. The molecule has 0 nitrogen and oxygen atoms in total. The van der Waals surface area contributed by atoms with Gasteiger partial charge < -0.3 is 0 Å². The Hall–Kier alpha value is -2.72. The second kappa shape index (κ2) is 12.1. The summed E-state index contributed by atoms with van der Waals surface area (Å²) in [6.07, 6.45) is 7.90. The number of hydrogen-bond acceptors (Lipinski definition) is 1. The molecule has 34 heavy (non-hydrogen) atoms. The molecule has 0 fully saturated rings. The molecule has 0 unspecified atom stereocenters. The number of rotatable bonds is 11. The summed E-state index contributed by atoms with van der Waals surface area (Å²) in [5.41, 5.74) is 2.22. The van der Waals surface area contributed by atoms with Gasteiger partial charge in [0.05, 0.1) is 0 Å². The van der Waals surface area contributed by atoms with E-state index in [2.05, 4.69) is 12.1 Å². The molecule has 0 heterocycles. The second-order valence-corrected chi connectivity index (χ2v) is 9.86. The van der Waals surface area contributed by atoms with Crippen molar-refractivity contribution in [3.8, 4) is 11.1 Å². The lowest BCUT2D eigenvalue weighted by atomic mass is 10.00. The van der Waals surface area contributed by atoms with Gasteiger partial charge in [-0.2, -0.15) is 0 Å². The molecule has 0 aliphatic carbocycles. The van der Waals surface area contributed by atoms with E-state index in [0.29, 0.717) is 11.1 Å². The van der Waals surface area contributed by atoms with E-state index in [9.17, 15) is 13.2 Å². The summed E-state index contributed by atoms with van der Waals surface area (Å²) in [4.78, 5) is 1.23. The summed E-state index contributed by atoms with van der Waals surface area (Å²) in [6, 6.07) is 22.4. The summed E-state index contributed by atoms with van der Waals surface area (Å²) in [5, 5.41) is 2.02. The fraction of sp³-hybridized carbons (Fsp3) is 0.267. The van der Waals surface area contributed by atoms with Crippen LogP contribution in [0.3, 0.4) is 0 Å². The third-order valence-corrected chi connectivity index (χ3v) is 7.17. The summed E-state index contributed by atoms with van der Waals surface area (Å²) < 4.78 is 40.9. The Labute approximate surface area is 204 Å². The van der Waals surface area contributed by atoms with E-state index in [1.165, 1.54) is 48.8 Å². The largest absolute Gasteiger partial charge is 0.207 e. The fourth-order valence-corrected chi connectivity index (χ4v) is 5.15. The lowest BCUT2D eigenvalue weighted by Gasteiger charge is -2.07. The van der Waals surface area contributed by atoms with E-state index in [1.54, 1.807) is 30.3 Å². The average molecular weight is 479 g/mol. The van der Waals surface area contributed by atoms with Crippen LogP contribution in [-0.4, -0.2) is 5.75 Å². The van der Waals surface area contributed by atoms with Crippen LogP contribution in [-0.2, 0) is 6.42 Å². The first-order chi connectivity index (χ1) is 16.6. The third kappa shape index (κ3) is 6.89. The zero-order valence-electron chi connectivity index (χ0n) is 19.2.